The molecule has 6 nitrogen and oxygen atoms in total. The van der Waals surface area contributed by atoms with E-state index in [0.717, 1.165) is 54.6 Å². The van der Waals surface area contributed by atoms with Crippen LogP contribution >= 0.6 is 0 Å². The largest absolute Gasteiger partial charge is 0.339 e. The lowest BCUT2D eigenvalue weighted by Gasteiger charge is -2.34. The molecule has 31 heavy (non-hydrogen) atoms. The van der Waals surface area contributed by atoms with Crippen LogP contribution in [-0.2, 0) is 6.54 Å². The van der Waals surface area contributed by atoms with Gasteiger partial charge < -0.3 is 9.42 Å². The summed E-state index contributed by atoms with van der Waals surface area (Å²) in [6.07, 6.45) is 0. The Labute approximate surface area is 181 Å². The maximum absolute atomic E-state index is 13.0. The van der Waals surface area contributed by atoms with Crippen molar-refractivity contribution in [2.24, 2.45) is 0 Å². The van der Waals surface area contributed by atoms with Crippen LogP contribution in [0.15, 0.2) is 71.3 Å². The monoisotopic (exact) mass is 412 g/mol. The van der Waals surface area contributed by atoms with Crippen molar-refractivity contribution in [3.63, 3.8) is 0 Å². The Hall–Kier alpha value is -3.51. The molecule has 1 aromatic heterocycles. The maximum atomic E-state index is 13.0. The van der Waals surface area contributed by atoms with Gasteiger partial charge in [-0.3, -0.25) is 9.69 Å². The third kappa shape index (κ3) is 4.20. The van der Waals surface area contributed by atoms with Crippen molar-refractivity contribution in [2.45, 2.75) is 13.5 Å². The van der Waals surface area contributed by atoms with Crippen molar-refractivity contribution in [3.8, 4) is 11.4 Å². The highest BCUT2D eigenvalue weighted by Crippen LogP contribution is 2.20. The number of carbonyl (C=O) groups excluding carboxylic acids is 1. The number of rotatable bonds is 4. The number of amides is 1. The maximum Gasteiger partial charge on any atom is 0.253 e. The Bertz CT molecular complexity index is 1210. The van der Waals surface area contributed by atoms with Crippen LogP contribution in [0, 0.1) is 6.92 Å². The van der Waals surface area contributed by atoms with Crippen molar-refractivity contribution >= 4 is 16.7 Å². The molecule has 0 saturated carbocycles. The summed E-state index contributed by atoms with van der Waals surface area (Å²) in [5.41, 5.74) is 2.95. The summed E-state index contributed by atoms with van der Waals surface area (Å²) < 4.78 is 5.05. The first kappa shape index (κ1) is 19.5. The van der Waals surface area contributed by atoms with Gasteiger partial charge in [0, 0.05) is 50.8 Å². The molecule has 5 rings (SSSR count). The van der Waals surface area contributed by atoms with Gasteiger partial charge in [0.25, 0.3) is 5.91 Å². The van der Waals surface area contributed by atoms with Crippen LogP contribution in [0.5, 0.6) is 0 Å². The highest BCUT2D eigenvalue weighted by Gasteiger charge is 2.22. The van der Waals surface area contributed by atoms with Crippen molar-refractivity contribution in [1.82, 2.24) is 19.9 Å². The molecular formula is C25H24N4O2. The fraction of sp³-hybridized carbons (Fsp3) is 0.240. The second kappa shape index (κ2) is 8.32. The number of piperazine rings is 1. The highest BCUT2D eigenvalue weighted by molar-refractivity contribution is 5.98. The van der Waals surface area contributed by atoms with Crippen molar-refractivity contribution < 1.29 is 9.32 Å². The number of hydrogen-bond acceptors (Lipinski definition) is 5. The lowest BCUT2D eigenvalue weighted by Crippen LogP contribution is -2.48. The quantitative estimate of drug-likeness (QED) is 0.504. The molecule has 0 bridgehead atoms. The molecule has 1 aliphatic rings. The van der Waals surface area contributed by atoms with E-state index in [1.165, 1.54) is 5.56 Å². The molecular weight excluding hydrogens is 388 g/mol. The summed E-state index contributed by atoms with van der Waals surface area (Å²) in [5, 5.41) is 6.22. The number of aromatic nitrogens is 2. The third-order valence-electron chi connectivity index (χ3n) is 5.80. The number of carbonyl (C=O) groups is 1. The highest BCUT2D eigenvalue weighted by atomic mass is 16.5. The van der Waals surface area contributed by atoms with Gasteiger partial charge in [0.15, 0.2) is 0 Å². The van der Waals surface area contributed by atoms with Gasteiger partial charge in [-0.25, -0.2) is 0 Å². The average Bonchev–Trinajstić information content (AvgIpc) is 3.25. The molecule has 1 saturated heterocycles. The lowest BCUT2D eigenvalue weighted by molar-refractivity contribution is 0.0628. The first-order valence-electron chi connectivity index (χ1n) is 10.6. The van der Waals surface area contributed by atoms with E-state index in [1.54, 1.807) is 6.92 Å². The van der Waals surface area contributed by atoms with Crippen molar-refractivity contribution in [3.05, 3.63) is 83.7 Å². The van der Waals surface area contributed by atoms with Crippen LogP contribution in [0.4, 0.5) is 0 Å². The Kier molecular flexibility index (Phi) is 5.22. The molecule has 1 amide bonds. The van der Waals surface area contributed by atoms with Gasteiger partial charge in [-0.15, -0.1) is 0 Å². The van der Waals surface area contributed by atoms with Crippen LogP contribution in [-0.4, -0.2) is 52.0 Å². The molecule has 0 atom stereocenters. The van der Waals surface area contributed by atoms with Crippen LogP contribution in [0.1, 0.15) is 21.8 Å². The number of hydrogen-bond donors (Lipinski definition) is 0. The second-order valence-corrected chi connectivity index (χ2v) is 7.96. The van der Waals surface area contributed by atoms with Gasteiger partial charge in [0.1, 0.15) is 0 Å². The summed E-state index contributed by atoms with van der Waals surface area (Å²) >= 11 is 0. The lowest BCUT2D eigenvalue weighted by atomic mass is 10.1. The minimum absolute atomic E-state index is 0.116. The number of benzene rings is 3. The first-order chi connectivity index (χ1) is 15.2. The molecule has 6 heteroatoms. The fourth-order valence-electron chi connectivity index (χ4n) is 4.05. The molecule has 0 spiro atoms. The van der Waals surface area contributed by atoms with Gasteiger partial charge in [0.05, 0.1) is 0 Å². The van der Waals surface area contributed by atoms with Crippen molar-refractivity contribution in [2.75, 3.05) is 26.2 Å². The third-order valence-corrected chi connectivity index (χ3v) is 5.80. The molecule has 0 aliphatic carbocycles. The Morgan fingerprint density at radius 1 is 0.935 bits per heavy atom. The Morgan fingerprint density at radius 2 is 1.68 bits per heavy atom. The average molecular weight is 412 g/mol. The summed E-state index contributed by atoms with van der Waals surface area (Å²) in [6, 6.07) is 22.4. The molecule has 4 aromatic rings. The van der Waals surface area contributed by atoms with Crippen LogP contribution in [0.2, 0.25) is 0 Å². The van der Waals surface area contributed by atoms with Gasteiger partial charge in [-0.2, -0.15) is 4.98 Å². The zero-order valence-electron chi connectivity index (χ0n) is 17.5. The van der Waals surface area contributed by atoms with E-state index in [4.69, 9.17) is 4.52 Å². The van der Waals surface area contributed by atoms with Crippen LogP contribution in [0.3, 0.4) is 0 Å². The molecule has 1 aliphatic heterocycles. The van der Waals surface area contributed by atoms with Gasteiger partial charge in [-0.05, 0) is 28.5 Å². The SMILES string of the molecule is Cc1nc(-c2ccc(CN3CCN(C(=O)c4ccc5ccccc5c4)CC3)cc2)no1. The fourth-order valence-corrected chi connectivity index (χ4v) is 4.05. The van der Waals surface area contributed by atoms with E-state index >= 15 is 0 Å². The molecule has 3 aromatic carbocycles. The Morgan fingerprint density at radius 3 is 2.39 bits per heavy atom. The van der Waals surface area contributed by atoms with E-state index in [1.807, 2.05) is 47.4 Å². The second-order valence-electron chi connectivity index (χ2n) is 7.96. The standard InChI is InChI=1S/C25H24N4O2/c1-18-26-24(27-31-18)21-8-6-19(7-9-21)17-28-12-14-29(15-13-28)25(30)23-11-10-20-4-2-3-5-22(20)16-23/h2-11,16H,12-15,17H2,1H3. The summed E-state index contributed by atoms with van der Waals surface area (Å²) in [5.74, 6) is 1.30. The molecule has 0 N–H and O–H groups in total. The number of nitrogens with zero attached hydrogens (tertiary/aromatic N) is 4. The van der Waals surface area contributed by atoms with E-state index < -0.39 is 0 Å². The Balaban J connectivity index is 1.18. The summed E-state index contributed by atoms with van der Waals surface area (Å²) in [7, 11) is 0. The van der Waals surface area contributed by atoms with E-state index in [2.05, 4.69) is 39.3 Å². The predicted molar refractivity (Wildman–Crippen MR) is 120 cm³/mol. The normalized spacial score (nSPS) is 14.8. The summed E-state index contributed by atoms with van der Waals surface area (Å²) in [4.78, 5) is 21.6. The van der Waals surface area contributed by atoms with E-state index in [-0.39, 0.29) is 5.91 Å². The van der Waals surface area contributed by atoms with Gasteiger partial charge in [0.2, 0.25) is 11.7 Å². The first-order valence-corrected chi connectivity index (χ1v) is 10.6. The predicted octanol–water partition coefficient (Wildman–Crippen LogP) is 4.16. The molecule has 156 valence electrons. The smallest absolute Gasteiger partial charge is 0.253 e. The van der Waals surface area contributed by atoms with Gasteiger partial charge >= 0.3 is 0 Å². The zero-order chi connectivity index (χ0) is 21.2. The van der Waals surface area contributed by atoms with Crippen molar-refractivity contribution in [1.29, 1.82) is 0 Å². The van der Waals surface area contributed by atoms with Crippen LogP contribution < -0.4 is 0 Å². The summed E-state index contributed by atoms with van der Waals surface area (Å²) in [6.45, 7) is 5.87. The van der Waals surface area contributed by atoms with Crippen LogP contribution in [0.25, 0.3) is 22.2 Å². The minimum Gasteiger partial charge on any atom is -0.339 e. The minimum atomic E-state index is 0.116. The number of aryl methyl sites for hydroxylation is 1. The van der Waals surface area contributed by atoms with E-state index in [0.29, 0.717) is 11.7 Å². The topological polar surface area (TPSA) is 62.5 Å². The van der Waals surface area contributed by atoms with Gasteiger partial charge in [-0.1, -0.05) is 59.8 Å². The molecule has 2 heterocycles. The zero-order valence-corrected chi connectivity index (χ0v) is 17.5. The molecule has 1 fully saturated rings. The molecule has 0 radical (unpaired) electrons. The molecule has 0 unspecified atom stereocenters. The number of fused-ring (bicyclic) bond motifs is 1. The van der Waals surface area contributed by atoms with E-state index in [9.17, 15) is 4.79 Å².